The van der Waals surface area contributed by atoms with Gasteiger partial charge in [-0.25, -0.2) is 9.78 Å². The molecule has 0 aliphatic rings. The Bertz CT molecular complexity index is 1010. The maximum atomic E-state index is 11.6. The second-order valence-electron chi connectivity index (χ2n) is 5.69. The molecule has 0 atom stereocenters. The summed E-state index contributed by atoms with van der Waals surface area (Å²) in [6.45, 7) is 4.00. The lowest BCUT2D eigenvalue weighted by Crippen LogP contribution is -2.29. The second kappa shape index (κ2) is 7.19. The average molecular weight is 349 g/mol. The van der Waals surface area contributed by atoms with Crippen molar-refractivity contribution in [2.75, 3.05) is 18.6 Å². The predicted molar refractivity (Wildman–Crippen MR) is 99.9 cm³/mol. The minimum absolute atomic E-state index is 0.322. The standard InChI is InChI=1S/C20H19N3O3/c1-4-23(20(24)25)18-11-12-22-13-14(2)21-19(22)17(18)10-7-15-5-8-16(26-3)9-6-15/h5-6,8-9,11-13H,4H2,1-3H3,(H,24,25). The molecular weight excluding hydrogens is 330 g/mol. The molecule has 0 fully saturated rings. The number of rotatable bonds is 3. The molecule has 0 saturated carbocycles. The molecule has 0 bridgehead atoms. The zero-order valence-electron chi connectivity index (χ0n) is 14.9. The number of anilines is 1. The van der Waals surface area contributed by atoms with Gasteiger partial charge < -0.3 is 14.2 Å². The molecular formula is C20H19N3O3. The van der Waals surface area contributed by atoms with Gasteiger partial charge in [0.15, 0.2) is 5.65 Å². The molecule has 2 heterocycles. The Labute approximate surface area is 151 Å². The zero-order chi connectivity index (χ0) is 18.7. The van der Waals surface area contributed by atoms with Gasteiger partial charge in [-0.05, 0) is 44.2 Å². The minimum atomic E-state index is -1.02. The number of hydrogen-bond acceptors (Lipinski definition) is 3. The first-order valence-corrected chi connectivity index (χ1v) is 8.18. The molecule has 6 heteroatoms. The number of amides is 1. The van der Waals surface area contributed by atoms with E-state index < -0.39 is 6.09 Å². The van der Waals surface area contributed by atoms with Crippen molar-refractivity contribution in [2.24, 2.45) is 0 Å². The van der Waals surface area contributed by atoms with Crippen LogP contribution in [0, 0.1) is 18.8 Å². The van der Waals surface area contributed by atoms with Crippen LogP contribution in [0.15, 0.2) is 42.7 Å². The fourth-order valence-electron chi connectivity index (χ4n) is 2.73. The van der Waals surface area contributed by atoms with Gasteiger partial charge in [-0.1, -0.05) is 11.8 Å². The summed E-state index contributed by atoms with van der Waals surface area (Å²) in [5, 5.41) is 9.51. The van der Waals surface area contributed by atoms with Crippen LogP contribution < -0.4 is 9.64 Å². The molecule has 1 amide bonds. The molecule has 3 aromatic rings. The number of nitrogens with zero attached hydrogens (tertiary/aromatic N) is 3. The number of aromatic nitrogens is 2. The predicted octanol–water partition coefficient (Wildman–Crippen LogP) is 3.56. The van der Waals surface area contributed by atoms with Crippen LogP contribution in [0.25, 0.3) is 5.65 Å². The SMILES string of the molecule is CCN(C(=O)O)c1ccn2cc(C)nc2c1C#Cc1ccc(OC)cc1. The Morgan fingerprint density at radius 2 is 2.00 bits per heavy atom. The van der Waals surface area contributed by atoms with Gasteiger partial charge in [0.2, 0.25) is 0 Å². The molecule has 6 nitrogen and oxygen atoms in total. The molecule has 0 aliphatic carbocycles. The first-order chi connectivity index (χ1) is 12.5. The number of fused-ring (bicyclic) bond motifs is 1. The molecule has 3 rings (SSSR count). The fraction of sp³-hybridized carbons (Fsp3) is 0.200. The van der Waals surface area contributed by atoms with Crippen LogP contribution >= 0.6 is 0 Å². The van der Waals surface area contributed by atoms with E-state index in [0.717, 1.165) is 17.0 Å². The number of methoxy groups -OCH3 is 1. The second-order valence-corrected chi connectivity index (χ2v) is 5.69. The first-order valence-electron chi connectivity index (χ1n) is 8.18. The fourth-order valence-corrected chi connectivity index (χ4v) is 2.73. The summed E-state index contributed by atoms with van der Waals surface area (Å²) in [6, 6.07) is 9.14. The molecule has 0 aliphatic heterocycles. The summed E-state index contributed by atoms with van der Waals surface area (Å²) >= 11 is 0. The monoisotopic (exact) mass is 349 g/mol. The van der Waals surface area contributed by atoms with Crippen molar-refractivity contribution in [3.63, 3.8) is 0 Å². The highest BCUT2D eigenvalue weighted by atomic mass is 16.5. The highest BCUT2D eigenvalue weighted by molar-refractivity contribution is 5.90. The van der Waals surface area contributed by atoms with Crippen LogP contribution in [0.1, 0.15) is 23.7 Å². The van der Waals surface area contributed by atoms with E-state index in [2.05, 4.69) is 16.8 Å². The number of benzene rings is 1. The molecule has 2 aromatic heterocycles. The van der Waals surface area contributed by atoms with Crippen molar-refractivity contribution in [2.45, 2.75) is 13.8 Å². The van der Waals surface area contributed by atoms with Crippen molar-refractivity contribution < 1.29 is 14.6 Å². The number of imidazole rings is 1. The summed E-state index contributed by atoms with van der Waals surface area (Å²) in [6.07, 6.45) is 2.66. The van der Waals surface area contributed by atoms with Gasteiger partial charge >= 0.3 is 6.09 Å². The normalized spacial score (nSPS) is 10.3. The number of carbonyl (C=O) groups is 1. The summed E-state index contributed by atoms with van der Waals surface area (Å²) in [5.41, 5.74) is 3.40. The minimum Gasteiger partial charge on any atom is -0.497 e. The van der Waals surface area contributed by atoms with Crippen LogP contribution in [0.3, 0.4) is 0 Å². The number of hydrogen-bond donors (Lipinski definition) is 1. The average Bonchev–Trinajstić information content (AvgIpc) is 3.01. The third-order valence-corrected chi connectivity index (χ3v) is 3.99. The topological polar surface area (TPSA) is 67.1 Å². The maximum absolute atomic E-state index is 11.6. The van der Waals surface area contributed by atoms with E-state index in [4.69, 9.17) is 4.74 Å². The Kier molecular flexibility index (Phi) is 4.81. The van der Waals surface area contributed by atoms with Crippen LogP contribution in [0.5, 0.6) is 5.75 Å². The maximum Gasteiger partial charge on any atom is 0.411 e. The summed E-state index contributed by atoms with van der Waals surface area (Å²) in [7, 11) is 1.61. The van der Waals surface area contributed by atoms with Gasteiger partial charge in [-0.3, -0.25) is 4.90 Å². The third kappa shape index (κ3) is 3.33. The highest BCUT2D eigenvalue weighted by Crippen LogP contribution is 2.24. The van der Waals surface area contributed by atoms with E-state index >= 15 is 0 Å². The van der Waals surface area contributed by atoms with E-state index in [1.807, 2.05) is 41.8 Å². The van der Waals surface area contributed by atoms with Gasteiger partial charge in [0.25, 0.3) is 0 Å². The van der Waals surface area contributed by atoms with Crippen molar-refractivity contribution >= 4 is 17.4 Å². The molecule has 0 radical (unpaired) electrons. The molecule has 1 aromatic carbocycles. The van der Waals surface area contributed by atoms with Gasteiger partial charge in [-0.15, -0.1) is 0 Å². The lowest BCUT2D eigenvalue weighted by molar-refractivity contribution is 0.202. The van der Waals surface area contributed by atoms with Crippen LogP contribution in [0.2, 0.25) is 0 Å². The number of ether oxygens (including phenoxy) is 1. The lowest BCUT2D eigenvalue weighted by Gasteiger charge is -2.19. The Hall–Kier alpha value is -3.46. The largest absolute Gasteiger partial charge is 0.497 e. The number of carboxylic acid groups (broad SMARTS) is 1. The number of aryl methyl sites for hydroxylation is 1. The van der Waals surface area contributed by atoms with Gasteiger partial charge in [0.1, 0.15) is 5.75 Å². The Morgan fingerprint density at radius 3 is 2.62 bits per heavy atom. The molecule has 0 spiro atoms. The molecule has 1 N–H and O–H groups in total. The van der Waals surface area contributed by atoms with Crippen LogP contribution in [-0.4, -0.2) is 34.2 Å². The first kappa shape index (κ1) is 17.4. The number of pyridine rings is 1. The van der Waals surface area contributed by atoms with E-state index in [-0.39, 0.29) is 0 Å². The van der Waals surface area contributed by atoms with Crippen LogP contribution in [-0.2, 0) is 0 Å². The van der Waals surface area contributed by atoms with Crippen LogP contribution in [0.4, 0.5) is 10.5 Å². The van der Waals surface area contributed by atoms with Crippen molar-refractivity contribution in [3.05, 3.63) is 59.5 Å². The summed E-state index contributed by atoms with van der Waals surface area (Å²) in [4.78, 5) is 17.4. The molecule has 132 valence electrons. The van der Waals surface area contributed by atoms with E-state index in [1.54, 1.807) is 26.3 Å². The smallest absolute Gasteiger partial charge is 0.411 e. The Morgan fingerprint density at radius 1 is 1.27 bits per heavy atom. The molecule has 0 unspecified atom stereocenters. The van der Waals surface area contributed by atoms with E-state index in [0.29, 0.717) is 23.4 Å². The lowest BCUT2D eigenvalue weighted by atomic mass is 10.1. The summed E-state index contributed by atoms with van der Waals surface area (Å²) < 4.78 is 7.00. The van der Waals surface area contributed by atoms with Crippen molar-refractivity contribution in [3.8, 4) is 17.6 Å². The van der Waals surface area contributed by atoms with Gasteiger partial charge in [0.05, 0.1) is 24.1 Å². The highest BCUT2D eigenvalue weighted by Gasteiger charge is 2.18. The van der Waals surface area contributed by atoms with E-state index in [1.165, 1.54) is 4.90 Å². The van der Waals surface area contributed by atoms with Crippen molar-refractivity contribution in [1.29, 1.82) is 0 Å². The van der Waals surface area contributed by atoms with Gasteiger partial charge in [0, 0.05) is 24.5 Å². The summed E-state index contributed by atoms with van der Waals surface area (Å²) in [5.74, 6) is 6.96. The quantitative estimate of drug-likeness (QED) is 0.734. The Balaban J connectivity index is 2.15. The molecule has 26 heavy (non-hydrogen) atoms. The van der Waals surface area contributed by atoms with Crippen molar-refractivity contribution in [1.82, 2.24) is 9.38 Å². The molecule has 0 saturated heterocycles. The zero-order valence-corrected chi connectivity index (χ0v) is 14.9. The van der Waals surface area contributed by atoms with Gasteiger partial charge in [-0.2, -0.15) is 0 Å². The van der Waals surface area contributed by atoms with E-state index in [9.17, 15) is 9.90 Å². The third-order valence-electron chi connectivity index (χ3n) is 3.99.